The van der Waals surface area contributed by atoms with Crippen LogP contribution in [0.5, 0.6) is 11.5 Å². The van der Waals surface area contributed by atoms with Crippen LogP contribution in [0.25, 0.3) is 11.8 Å². The van der Waals surface area contributed by atoms with Gasteiger partial charge in [-0.05, 0) is 65.4 Å². The zero-order valence-corrected chi connectivity index (χ0v) is 21.2. The number of aromatic nitrogens is 1. The van der Waals surface area contributed by atoms with Crippen molar-refractivity contribution < 1.29 is 13.9 Å². The van der Waals surface area contributed by atoms with Crippen LogP contribution in [0.1, 0.15) is 34.7 Å². The third-order valence-corrected chi connectivity index (χ3v) is 8.51. The van der Waals surface area contributed by atoms with Gasteiger partial charge < -0.3 is 9.47 Å². The molecule has 0 radical (unpaired) electrons. The minimum atomic E-state index is -0.340. The minimum Gasteiger partial charge on any atom is -0.454 e. The summed E-state index contributed by atoms with van der Waals surface area (Å²) < 4.78 is 27.9. The molecule has 0 fully saturated rings. The van der Waals surface area contributed by atoms with Gasteiger partial charge in [-0.25, -0.2) is 9.38 Å². The summed E-state index contributed by atoms with van der Waals surface area (Å²) in [6.45, 7) is 0.179. The number of benzene rings is 3. The van der Waals surface area contributed by atoms with Crippen LogP contribution in [0.2, 0.25) is 0 Å². The van der Waals surface area contributed by atoms with Crippen molar-refractivity contribution in [2.24, 2.45) is 4.99 Å². The molecule has 5 nitrogen and oxygen atoms in total. The van der Waals surface area contributed by atoms with Crippen LogP contribution < -0.4 is 24.4 Å². The van der Waals surface area contributed by atoms with Gasteiger partial charge in [0.1, 0.15) is 5.82 Å². The highest BCUT2D eigenvalue weighted by atomic mass is 79.9. The first-order valence-electron chi connectivity index (χ1n) is 11.5. The molecule has 0 saturated carbocycles. The molecule has 2 aliphatic heterocycles. The summed E-state index contributed by atoms with van der Waals surface area (Å²) in [5.41, 5.74) is 5.92. The van der Waals surface area contributed by atoms with E-state index in [0.717, 1.165) is 45.3 Å². The predicted molar refractivity (Wildman–Crippen MR) is 139 cm³/mol. The molecule has 3 aromatic carbocycles. The van der Waals surface area contributed by atoms with Crippen molar-refractivity contribution in [2.75, 3.05) is 6.79 Å². The molecule has 0 bridgehead atoms. The van der Waals surface area contributed by atoms with E-state index in [4.69, 9.17) is 14.5 Å². The van der Waals surface area contributed by atoms with Crippen LogP contribution in [0.15, 0.2) is 80.5 Å². The van der Waals surface area contributed by atoms with Gasteiger partial charge >= 0.3 is 0 Å². The average Bonchev–Trinajstić information content (AvgIpc) is 3.47. The number of rotatable bonds is 2. The lowest BCUT2D eigenvalue weighted by molar-refractivity contribution is 0.174. The van der Waals surface area contributed by atoms with Crippen molar-refractivity contribution in [3.8, 4) is 11.5 Å². The second-order valence-corrected chi connectivity index (χ2v) is 10.8. The standard InChI is InChI=1S/C28H18BrFN2O3S/c29-21-13-23-22(34-14-35-23)11-17(21)12-24-27(33)32-26(16-5-8-18(30)9-6-16)20-10-7-15-3-1-2-4-19(15)25(20)31-28(32)36-24/h1-6,8-9,11-13,26H,7,10,14H2/b24-12+/t26-/m0/s1. The molecular formula is C28H18BrFN2O3S. The molecule has 0 saturated heterocycles. The predicted octanol–water partition coefficient (Wildman–Crippen LogP) is 4.95. The van der Waals surface area contributed by atoms with Crippen LogP contribution in [0.3, 0.4) is 0 Å². The number of hydrogen-bond acceptors (Lipinski definition) is 5. The zero-order valence-electron chi connectivity index (χ0n) is 18.8. The van der Waals surface area contributed by atoms with Crippen molar-refractivity contribution in [1.29, 1.82) is 0 Å². The van der Waals surface area contributed by atoms with E-state index >= 15 is 0 Å². The Morgan fingerprint density at radius 1 is 1.06 bits per heavy atom. The Balaban J connectivity index is 1.47. The fraction of sp³-hybridized carbons (Fsp3) is 0.143. The average molecular weight is 561 g/mol. The number of thiazole rings is 1. The molecule has 0 N–H and O–H groups in total. The van der Waals surface area contributed by atoms with Gasteiger partial charge in [-0.3, -0.25) is 9.36 Å². The number of nitrogens with zero attached hydrogens (tertiary/aromatic N) is 2. The van der Waals surface area contributed by atoms with Crippen LogP contribution in [0.4, 0.5) is 4.39 Å². The Bertz CT molecular complexity index is 1770. The molecule has 36 heavy (non-hydrogen) atoms. The normalized spacial score (nSPS) is 17.9. The molecule has 4 aromatic rings. The van der Waals surface area contributed by atoms with E-state index < -0.39 is 0 Å². The summed E-state index contributed by atoms with van der Waals surface area (Å²) in [6.07, 6.45) is 3.51. The number of fused-ring (bicyclic) bond motifs is 4. The van der Waals surface area contributed by atoms with Gasteiger partial charge in [-0.15, -0.1) is 0 Å². The molecule has 8 heteroatoms. The monoisotopic (exact) mass is 560 g/mol. The molecule has 3 aliphatic rings. The Kier molecular flexibility index (Phi) is 5.01. The molecular weight excluding hydrogens is 543 g/mol. The van der Waals surface area contributed by atoms with Crippen molar-refractivity contribution in [2.45, 2.75) is 18.9 Å². The van der Waals surface area contributed by atoms with Gasteiger partial charge in [0.15, 0.2) is 16.3 Å². The lowest BCUT2D eigenvalue weighted by Crippen LogP contribution is -2.38. The van der Waals surface area contributed by atoms with Crippen LogP contribution in [-0.2, 0) is 6.42 Å². The van der Waals surface area contributed by atoms with E-state index in [9.17, 15) is 9.18 Å². The minimum absolute atomic E-state index is 0.122. The van der Waals surface area contributed by atoms with Crippen LogP contribution in [0, 0.1) is 5.82 Å². The summed E-state index contributed by atoms with van der Waals surface area (Å²) in [6, 6.07) is 18.1. The Morgan fingerprint density at radius 3 is 2.67 bits per heavy atom. The summed E-state index contributed by atoms with van der Waals surface area (Å²) >= 11 is 4.95. The first-order valence-corrected chi connectivity index (χ1v) is 13.2. The van der Waals surface area contributed by atoms with Gasteiger partial charge in [-0.2, -0.15) is 0 Å². The number of aryl methyl sites for hydroxylation is 1. The number of allylic oxidation sites excluding steroid dienone is 1. The third kappa shape index (κ3) is 3.39. The van der Waals surface area contributed by atoms with Crippen molar-refractivity contribution >= 4 is 39.0 Å². The van der Waals surface area contributed by atoms with Gasteiger partial charge in [0, 0.05) is 10.0 Å². The summed E-state index contributed by atoms with van der Waals surface area (Å²) in [5.74, 6) is 1.01. The quantitative estimate of drug-likeness (QED) is 0.348. The molecule has 1 aliphatic carbocycles. The molecule has 1 atom stereocenters. The maximum Gasteiger partial charge on any atom is 0.271 e. The van der Waals surface area contributed by atoms with Gasteiger partial charge in [0.25, 0.3) is 5.56 Å². The van der Waals surface area contributed by atoms with E-state index in [1.807, 2.05) is 30.3 Å². The zero-order chi connectivity index (χ0) is 24.4. The van der Waals surface area contributed by atoms with E-state index in [1.165, 1.54) is 29.0 Å². The summed E-state index contributed by atoms with van der Waals surface area (Å²) in [5, 5.41) is 0. The molecule has 0 unspecified atom stereocenters. The molecule has 0 amide bonds. The topological polar surface area (TPSA) is 52.8 Å². The Morgan fingerprint density at radius 2 is 1.83 bits per heavy atom. The van der Waals surface area contributed by atoms with E-state index in [0.29, 0.717) is 20.8 Å². The van der Waals surface area contributed by atoms with Crippen molar-refractivity contribution in [3.63, 3.8) is 0 Å². The second kappa shape index (κ2) is 8.28. The maximum absolute atomic E-state index is 13.8. The SMILES string of the molecule is O=c1/c(=C\c2cc3c(cc2Br)OCO3)sc2n1[C@@H](c1ccc(F)cc1)C1=C(N=2)c2ccccc2CC1. The highest BCUT2D eigenvalue weighted by Gasteiger charge is 2.32. The van der Waals surface area contributed by atoms with Gasteiger partial charge in [0.2, 0.25) is 6.79 Å². The van der Waals surface area contributed by atoms with E-state index in [2.05, 4.69) is 28.1 Å². The Labute approximate surface area is 217 Å². The lowest BCUT2D eigenvalue weighted by atomic mass is 9.83. The molecule has 0 spiro atoms. The molecule has 7 rings (SSSR count). The van der Waals surface area contributed by atoms with Gasteiger partial charge in [-0.1, -0.05) is 63.7 Å². The Hall–Kier alpha value is -3.49. The highest BCUT2D eigenvalue weighted by Crippen LogP contribution is 2.41. The number of hydrogen-bond donors (Lipinski definition) is 0. The van der Waals surface area contributed by atoms with Crippen LogP contribution in [-0.4, -0.2) is 11.4 Å². The summed E-state index contributed by atoms with van der Waals surface area (Å²) in [4.78, 5) is 19.5. The van der Waals surface area contributed by atoms with Crippen LogP contribution >= 0.6 is 27.3 Å². The smallest absolute Gasteiger partial charge is 0.271 e. The van der Waals surface area contributed by atoms with E-state index in [1.54, 1.807) is 16.7 Å². The largest absolute Gasteiger partial charge is 0.454 e. The number of ether oxygens (including phenoxy) is 2. The fourth-order valence-corrected chi connectivity index (χ4v) is 6.58. The van der Waals surface area contributed by atoms with E-state index in [-0.39, 0.29) is 24.2 Å². The second-order valence-electron chi connectivity index (χ2n) is 8.89. The fourth-order valence-electron chi connectivity index (χ4n) is 5.15. The molecule has 3 heterocycles. The van der Waals surface area contributed by atoms with Gasteiger partial charge in [0.05, 0.1) is 16.3 Å². The molecule has 1 aromatic heterocycles. The summed E-state index contributed by atoms with van der Waals surface area (Å²) in [7, 11) is 0. The maximum atomic E-state index is 13.8. The first kappa shape index (κ1) is 21.8. The highest BCUT2D eigenvalue weighted by molar-refractivity contribution is 9.10. The third-order valence-electron chi connectivity index (χ3n) is 6.84. The van der Waals surface area contributed by atoms with Crippen molar-refractivity contribution in [1.82, 2.24) is 4.57 Å². The van der Waals surface area contributed by atoms with Crippen molar-refractivity contribution in [3.05, 3.63) is 118 Å². The lowest BCUT2D eigenvalue weighted by Gasteiger charge is -2.30. The number of halogens is 2. The molecule has 178 valence electrons. The first-order chi connectivity index (χ1) is 17.6.